The average Bonchev–Trinajstić information content (AvgIpc) is 2.68. The first-order chi connectivity index (χ1) is 12.6. The summed E-state index contributed by atoms with van der Waals surface area (Å²) in [5, 5.41) is 9.28. The molecular formula is C21H18N2O2S. The van der Waals surface area contributed by atoms with Crippen molar-refractivity contribution in [2.24, 2.45) is 0 Å². The van der Waals surface area contributed by atoms with Gasteiger partial charge in [-0.25, -0.2) is 8.42 Å². The molecule has 0 aliphatic heterocycles. The fourth-order valence-corrected chi connectivity index (χ4v) is 3.49. The van der Waals surface area contributed by atoms with Crippen molar-refractivity contribution in [3.8, 4) is 18.4 Å². The Balaban J connectivity index is 2.21. The van der Waals surface area contributed by atoms with E-state index in [9.17, 15) is 13.7 Å². The lowest BCUT2D eigenvalue weighted by molar-refractivity contribution is 0.525. The lowest BCUT2D eigenvalue weighted by Gasteiger charge is -2.17. The van der Waals surface area contributed by atoms with Gasteiger partial charge in [0.05, 0.1) is 17.5 Å². The molecule has 0 radical (unpaired) electrons. The van der Waals surface area contributed by atoms with E-state index in [2.05, 4.69) is 12.0 Å². The Kier molecular flexibility index (Phi) is 6.79. The molecule has 0 aliphatic carbocycles. The minimum atomic E-state index is -3.73. The molecule has 0 N–H and O–H groups in total. The molecule has 0 saturated carbocycles. The van der Waals surface area contributed by atoms with Crippen molar-refractivity contribution >= 4 is 10.0 Å². The summed E-state index contributed by atoms with van der Waals surface area (Å²) in [6.07, 6.45) is 10.3. The minimum Gasteiger partial charge on any atom is -0.261 e. The van der Waals surface area contributed by atoms with Crippen LogP contribution in [-0.2, 0) is 16.4 Å². The fraction of sp³-hybridized carbons (Fsp3) is 0.0952. The Morgan fingerprint density at radius 1 is 1.08 bits per heavy atom. The molecule has 5 heteroatoms. The molecule has 0 aliphatic rings. The van der Waals surface area contributed by atoms with Gasteiger partial charge in [-0.05, 0) is 29.8 Å². The number of nitrogens with zero attached hydrogens (tertiary/aromatic N) is 2. The second-order valence-corrected chi connectivity index (χ2v) is 7.27. The van der Waals surface area contributed by atoms with E-state index < -0.39 is 10.0 Å². The first-order valence-electron chi connectivity index (χ1n) is 7.89. The van der Waals surface area contributed by atoms with E-state index in [4.69, 9.17) is 6.42 Å². The predicted octanol–water partition coefficient (Wildman–Crippen LogP) is 3.52. The molecular weight excluding hydrogens is 344 g/mol. The highest BCUT2D eigenvalue weighted by atomic mass is 32.2. The Morgan fingerprint density at radius 2 is 1.69 bits per heavy atom. The lowest BCUT2D eigenvalue weighted by Crippen LogP contribution is -2.26. The summed E-state index contributed by atoms with van der Waals surface area (Å²) in [6.45, 7) is -0.0951. The number of hydrogen-bond donors (Lipinski definition) is 0. The minimum absolute atomic E-state index is 0.0951. The van der Waals surface area contributed by atoms with E-state index in [1.54, 1.807) is 24.3 Å². The maximum atomic E-state index is 12.7. The molecule has 0 unspecified atom stereocenters. The topological polar surface area (TPSA) is 61.2 Å². The maximum Gasteiger partial charge on any atom is 0.264 e. The zero-order valence-electron chi connectivity index (χ0n) is 14.1. The number of allylic oxidation sites excluding steroid dienone is 3. The first-order valence-corrected chi connectivity index (χ1v) is 9.33. The number of sulfonamides is 1. The summed E-state index contributed by atoms with van der Waals surface area (Å²) in [7, 11) is -3.73. The van der Waals surface area contributed by atoms with Crippen LogP contribution in [0.25, 0.3) is 0 Å². The molecule has 4 nitrogen and oxygen atoms in total. The number of nitriles is 1. The number of rotatable bonds is 7. The summed E-state index contributed by atoms with van der Waals surface area (Å²) in [6, 6.07) is 19.8. The van der Waals surface area contributed by atoms with Crippen LogP contribution in [0.15, 0.2) is 89.5 Å². The molecule has 0 amide bonds. The van der Waals surface area contributed by atoms with Gasteiger partial charge >= 0.3 is 0 Å². The van der Waals surface area contributed by atoms with Gasteiger partial charge in [0.15, 0.2) is 0 Å². The Morgan fingerprint density at radius 3 is 2.27 bits per heavy atom. The molecule has 2 rings (SSSR count). The number of terminal acetylenes is 1. The van der Waals surface area contributed by atoms with Crippen LogP contribution in [0.5, 0.6) is 0 Å². The van der Waals surface area contributed by atoms with Crippen LogP contribution in [0.1, 0.15) is 5.56 Å². The summed E-state index contributed by atoms with van der Waals surface area (Å²) in [5.41, 5.74) is 1.52. The first kappa shape index (κ1) is 19.1. The Bertz CT molecular complexity index is 964. The lowest BCUT2D eigenvalue weighted by atomic mass is 10.1. The van der Waals surface area contributed by atoms with E-state index in [-0.39, 0.29) is 11.4 Å². The van der Waals surface area contributed by atoms with Gasteiger partial charge in [0.25, 0.3) is 10.0 Å². The molecule has 2 aromatic rings. The van der Waals surface area contributed by atoms with Gasteiger partial charge in [-0.15, -0.1) is 6.42 Å². The zero-order valence-corrected chi connectivity index (χ0v) is 14.9. The van der Waals surface area contributed by atoms with Crippen LogP contribution in [-0.4, -0.2) is 19.3 Å². The quantitative estimate of drug-likeness (QED) is 0.430. The smallest absolute Gasteiger partial charge is 0.261 e. The standard InChI is InChI=1S/C21H18N2O2S/c1-2-15-23(26(24,25)21-13-7-4-8-14-21)16-9-12-20(18-22)17-19-10-5-3-6-11-19/h1,3-14,16H,15,17H2/b16-9+,20-12+. The third kappa shape index (κ3) is 5.11. The van der Waals surface area contributed by atoms with E-state index in [0.29, 0.717) is 12.0 Å². The van der Waals surface area contributed by atoms with Crippen LogP contribution in [0.2, 0.25) is 0 Å². The van der Waals surface area contributed by atoms with Crippen LogP contribution in [0.4, 0.5) is 0 Å². The van der Waals surface area contributed by atoms with Crippen LogP contribution < -0.4 is 0 Å². The number of benzene rings is 2. The SMILES string of the molecule is C#CCN(/C=C/C=C(/C#N)Cc1ccccc1)S(=O)(=O)c1ccccc1. The van der Waals surface area contributed by atoms with Crippen molar-refractivity contribution in [2.45, 2.75) is 11.3 Å². The van der Waals surface area contributed by atoms with Crippen molar-refractivity contribution in [3.63, 3.8) is 0 Å². The van der Waals surface area contributed by atoms with Gasteiger partial charge in [-0.1, -0.05) is 54.5 Å². The molecule has 2 aromatic carbocycles. The van der Waals surface area contributed by atoms with Crippen LogP contribution in [0, 0.1) is 23.7 Å². The third-order valence-corrected chi connectivity index (χ3v) is 5.26. The summed E-state index contributed by atoms with van der Waals surface area (Å²) >= 11 is 0. The van der Waals surface area contributed by atoms with Crippen molar-refractivity contribution in [2.75, 3.05) is 6.54 Å². The highest BCUT2D eigenvalue weighted by Gasteiger charge is 2.19. The van der Waals surface area contributed by atoms with Gasteiger partial charge in [-0.3, -0.25) is 4.31 Å². The highest BCUT2D eigenvalue weighted by molar-refractivity contribution is 7.89. The average molecular weight is 362 g/mol. The van der Waals surface area contributed by atoms with Gasteiger partial charge in [0.1, 0.15) is 0 Å². The Hall–Kier alpha value is -3.28. The number of hydrogen-bond acceptors (Lipinski definition) is 3. The molecule has 26 heavy (non-hydrogen) atoms. The van der Waals surface area contributed by atoms with Gasteiger partial charge < -0.3 is 0 Å². The second kappa shape index (κ2) is 9.27. The zero-order chi connectivity index (χ0) is 18.8. The van der Waals surface area contributed by atoms with Gasteiger partial charge in [-0.2, -0.15) is 5.26 Å². The van der Waals surface area contributed by atoms with E-state index in [0.717, 1.165) is 9.87 Å². The molecule has 0 fully saturated rings. The van der Waals surface area contributed by atoms with Gasteiger partial charge in [0.2, 0.25) is 0 Å². The third-order valence-electron chi connectivity index (χ3n) is 3.53. The van der Waals surface area contributed by atoms with Gasteiger partial charge in [0, 0.05) is 18.2 Å². The normalized spacial score (nSPS) is 11.7. The van der Waals surface area contributed by atoms with Crippen molar-refractivity contribution in [3.05, 3.63) is 90.2 Å². The van der Waals surface area contributed by atoms with E-state index >= 15 is 0 Å². The monoisotopic (exact) mass is 362 g/mol. The van der Waals surface area contributed by atoms with E-state index in [1.807, 2.05) is 30.3 Å². The Labute approximate surface area is 154 Å². The molecule has 130 valence electrons. The van der Waals surface area contributed by atoms with Crippen LogP contribution >= 0.6 is 0 Å². The van der Waals surface area contributed by atoms with Crippen molar-refractivity contribution in [1.29, 1.82) is 5.26 Å². The molecule has 0 saturated heterocycles. The maximum absolute atomic E-state index is 12.7. The second-order valence-electron chi connectivity index (χ2n) is 5.38. The van der Waals surface area contributed by atoms with Crippen molar-refractivity contribution in [1.82, 2.24) is 4.31 Å². The highest BCUT2D eigenvalue weighted by Crippen LogP contribution is 2.15. The van der Waals surface area contributed by atoms with E-state index in [1.165, 1.54) is 24.4 Å². The summed E-state index contributed by atoms with van der Waals surface area (Å²) < 4.78 is 26.4. The van der Waals surface area contributed by atoms with Crippen LogP contribution in [0.3, 0.4) is 0 Å². The van der Waals surface area contributed by atoms with Crippen molar-refractivity contribution < 1.29 is 8.42 Å². The summed E-state index contributed by atoms with van der Waals surface area (Å²) in [4.78, 5) is 0.161. The summed E-state index contributed by atoms with van der Waals surface area (Å²) in [5.74, 6) is 2.35. The fourth-order valence-electron chi connectivity index (χ4n) is 2.24. The molecule has 0 heterocycles. The largest absolute Gasteiger partial charge is 0.264 e. The molecule has 0 bridgehead atoms. The molecule has 0 aromatic heterocycles. The molecule has 0 spiro atoms. The molecule has 0 atom stereocenters. The predicted molar refractivity (Wildman–Crippen MR) is 102 cm³/mol.